The third-order valence-corrected chi connectivity index (χ3v) is 5.26. The minimum absolute atomic E-state index is 0.0151. The van der Waals surface area contributed by atoms with E-state index in [1.807, 2.05) is 12.1 Å². The molecular weight excluding hydrogens is 300 g/mol. The highest BCUT2D eigenvalue weighted by Crippen LogP contribution is 2.43. The van der Waals surface area contributed by atoms with Crippen LogP contribution in [0.5, 0.6) is 5.75 Å². The summed E-state index contributed by atoms with van der Waals surface area (Å²) in [4.78, 5) is 2.57. The molecule has 4 rings (SSSR count). The monoisotopic (exact) mass is 324 g/mol. The van der Waals surface area contributed by atoms with Gasteiger partial charge in [0.1, 0.15) is 5.75 Å². The summed E-state index contributed by atoms with van der Waals surface area (Å²) in [5, 5.41) is 13.4. The van der Waals surface area contributed by atoms with Gasteiger partial charge >= 0.3 is 0 Å². The first-order valence-corrected chi connectivity index (χ1v) is 8.69. The normalized spacial score (nSPS) is 19.6. The first-order chi connectivity index (χ1) is 11.8. The van der Waals surface area contributed by atoms with Crippen LogP contribution in [0.4, 0.5) is 5.69 Å². The largest absolute Gasteiger partial charge is 0.497 e. The van der Waals surface area contributed by atoms with Crippen molar-refractivity contribution in [3.63, 3.8) is 0 Å². The summed E-state index contributed by atoms with van der Waals surface area (Å²) in [6.45, 7) is 3.18. The van der Waals surface area contributed by atoms with E-state index in [9.17, 15) is 5.11 Å². The molecule has 1 atom stereocenters. The van der Waals surface area contributed by atoms with Crippen LogP contribution in [0.15, 0.2) is 36.4 Å². The maximum Gasteiger partial charge on any atom is 0.119 e. The Morgan fingerprint density at radius 2 is 2.12 bits per heavy atom. The molecule has 0 aromatic heterocycles. The van der Waals surface area contributed by atoms with Gasteiger partial charge in [0, 0.05) is 30.4 Å². The summed E-state index contributed by atoms with van der Waals surface area (Å²) < 4.78 is 5.31. The van der Waals surface area contributed by atoms with Gasteiger partial charge in [-0.05, 0) is 48.2 Å². The van der Waals surface area contributed by atoms with Gasteiger partial charge < -0.3 is 20.1 Å². The van der Waals surface area contributed by atoms with E-state index in [0.29, 0.717) is 6.04 Å². The quantitative estimate of drug-likeness (QED) is 0.911. The molecule has 2 heterocycles. The maximum atomic E-state index is 9.85. The highest BCUT2D eigenvalue weighted by Gasteiger charge is 2.32. The topological polar surface area (TPSA) is 44.7 Å². The van der Waals surface area contributed by atoms with Crippen LogP contribution in [0.3, 0.4) is 0 Å². The lowest BCUT2D eigenvalue weighted by Crippen LogP contribution is -2.33. The van der Waals surface area contributed by atoms with Crippen molar-refractivity contribution in [2.75, 3.05) is 31.6 Å². The molecule has 2 aromatic rings. The molecule has 0 spiro atoms. The number of para-hydroxylation sites is 1. The standard InChI is InChI=1S/C20H24N2O2/c1-24-17-5-6-18(15(12-17)13-23)19-4-2-3-14-11-16-7-8-21-9-10-22(16)20(14)19/h2-6,12,16,21,23H,7-11,13H2,1H3. The van der Waals surface area contributed by atoms with Gasteiger partial charge in [-0.2, -0.15) is 0 Å². The van der Waals surface area contributed by atoms with Crippen molar-refractivity contribution < 1.29 is 9.84 Å². The van der Waals surface area contributed by atoms with Gasteiger partial charge in [-0.3, -0.25) is 0 Å². The molecule has 24 heavy (non-hydrogen) atoms. The molecule has 2 N–H and O–H groups in total. The van der Waals surface area contributed by atoms with Crippen LogP contribution in [-0.2, 0) is 13.0 Å². The molecule has 0 bridgehead atoms. The zero-order valence-corrected chi connectivity index (χ0v) is 14.1. The number of aliphatic hydroxyl groups is 1. The third kappa shape index (κ3) is 2.56. The molecule has 0 aliphatic carbocycles. The van der Waals surface area contributed by atoms with Crippen molar-refractivity contribution in [1.82, 2.24) is 5.32 Å². The van der Waals surface area contributed by atoms with Crippen LogP contribution >= 0.6 is 0 Å². The Morgan fingerprint density at radius 1 is 1.21 bits per heavy atom. The average molecular weight is 324 g/mol. The number of fused-ring (bicyclic) bond motifs is 3. The summed E-state index contributed by atoms with van der Waals surface area (Å²) in [5.74, 6) is 0.784. The van der Waals surface area contributed by atoms with E-state index in [0.717, 1.165) is 42.9 Å². The Labute approximate surface area is 143 Å². The van der Waals surface area contributed by atoms with E-state index in [-0.39, 0.29) is 6.61 Å². The maximum absolute atomic E-state index is 9.85. The number of aliphatic hydroxyl groups excluding tert-OH is 1. The predicted octanol–water partition coefficient (Wildman–Crippen LogP) is 2.58. The van der Waals surface area contributed by atoms with Gasteiger partial charge in [-0.1, -0.05) is 24.3 Å². The first kappa shape index (κ1) is 15.5. The fourth-order valence-electron chi connectivity index (χ4n) is 4.10. The van der Waals surface area contributed by atoms with Crippen LogP contribution in [0.25, 0.3) is 11.1 Å². The van der Waals surface area contributed by atoms with E-state index in [1.54, 1.807) is 7.11 Å². The summed E-state index contributed by atoms with van der Waals surface area (Å²) >= 11 is 0. The fourth-order valence-corrected chi connectivity index (χ4v) is 4.10. The lowest BCUT2D eigenvalue weighted by atomic mass is 9.96. The molecule has 4 heteroatoms. The Bertz CT molecular complexity index is 744. The summed E-state index contributed by atoms with van der Waals surface area (Å²) in [7, 11) is 1.66. The molecule has 0 amide bonds. The second kappa shape index (κ2) is 6.46. The molecular formula is C20H24N2O2. The molecule has 4 nitrogen and oxygen atoms in total. The smallest absolute Gasteiger partial charge is 0.119 e. The molecule has 0 saturated carbocycles. The van der Waals surface area contributed by atoms with Crippen molar-refractivity contribution in [3.8, 4) is 16.9 Å². The lowest BCUT2D eigenvalue weighted by molar-refractivity contribution is 0.281. The zero-order valence-electron chi connectivity index (χ0n) is 14.1. The summed E-state index contributed by atoms with van der Waals surface area (Å²) in [6.07, 6.45) is 2.30. The van der Waals surface area contributed by atoms with Crippen molar-refractivity contribution in [2.45, 2.75) is 25.5 Å². The molecule has 126 valence electrons. The number of hydrogen-bond acceptors (Lipinski definition) is 4. The molecule has 1 saturated heterocycles. The second-order valence-electron chi connectivity index (χ2n) is 6.58. The van der Waals surface area contributed by atoms with Crippen molar-refractivity contribution in [3.05, 3.63) is 47.5 Å². The van der Waals surface area contributed by atoms with Crippen LogP contribution < -0.4 is 15.0 Å². The highest BCUT2D eigenvalue weighted by molar-refractivity contribution is 5.85. The van der Waals surface area contributed by atoms with Crippen LogP contribution in [0.1, 0.15) is 17.5 Å². The number of methoxy groups -OCH3 is 1. The van der Waals surface area contributed by atoms with E-state index in [4.69, 9.17) is 4.74 Å². The van der Waals surface area contributed by atoms with Gasteiger partial charge in [-0.15, -0.1) is 0 Å². The fraction of sp³-hybridized carbons (Fsp3) is 0.400. The van der Waals surface area contributed by atoms with E-state index in [2.05, 4.69) is 34.5 Å². The number of hydrogen-bond donors (Lipinski definition) is 2. The first-order valence-electron chi connectivity index (χ1n) is 8.69. The molecule has 2 aliphatic rings. The van der Waals surface area contributed by atoms with Crippen molar-refractivity contribution >= 4 is 5.69 Å². The number of nitrogens with one attached hydrogen (secondary N) is 1. The second-order valence-corrected chi connectivity index (χ2v) is 6.58. The van der Waals surface area contributed by atoms with Crippen LogP contribution in [-0.4, -0.2) is 37.9 Å². The van der Waals surface area contributed by atoms with Gasteiger partial charge in [0.15, 0.2) is 0 Å². The highest BCUT2D eigenvalue weighted by atomic mass is 16.5. The Kier molecular flexibility index (Phi) is 4.17. The van der Waals surface area contributed by atoms with Crippen molar-refractivity contribution in [1.29, 1.82) is 0 Å². The minimum Gasteiger partial charge on any atom is -0.497 e. The van der Waals surface area contributed by atoms with Crippen molar-refractivity contribution in [2.24, 2.45) is 0 Å². The van der Waals surface area contributed by atoms with Gasteiger partial charge in [-0.25, -0.2) is 0 Å². The minimum atomic E-state index is 0.0151. The Balaban J connectivity index is 1.83. The van der Waals surface area contributed by atoms with E-state index in [1.165, 1.54) is 23.2 Å². The molecule has 2 aromatic carbocycles. The summed E-state index contributed by atoms with van der Waals surface area (Å²) in [6, 6.07) is 13.2. The van der Waals surface area contributed by atoms with E-state index < -0.39 is 0 Å². The number of benzene rings is 2. The van der Waals surface area contributed by atoms with E-state index >= 15 is 0 Å². The third-order valence-electron chi connectivity index (χ3n) is 5.26. The number of ether oxygens (including phenoxy) is 1. The van der Waals surface area contributed by atoms with Crippen LogP contribution in [0, 0.1) is 0 Å². The number of nitrogens with zero attached hydrogens (tertiary/aromatic N) is 1. The van der Waals surface area contributed by atoms with Gasteiger partial charge in [0.25, 0.3) is 0 Å². The van der Waals surface area contributed by atoms with Gasteiger partial charge in [0.2, 0.25) is 0 Å². The summed E-state index contributed by atoms with van der Waals surface area (Å²) in [5.41, 5.74) is 6.03. The van der Waals surface area contributed by atoms with Gasteiger partial charge in [0.05, 0.1) is 13.7 Å². The molecule has 1 unspecified atom stereocenters. The molecule has 1 fully saturated rings. The average Bonchev–Trinajstić information content (AvgIpc) is 2.82. The number of anilines is 1. The lowest BCUT2D eigenvalue weighted by Gasteiger charge is -2.27. The zero-order chi connectivity index (χ0) is 16.5. The predicted molar refractivity (Wildman–Crippen MR) is 96.7 cm³/mol. The SMILES string of the molecule is COc1ccc(-c2cccc3c2N2CCNCCC2C3)c(CO)c1. The Hall–Kier alpha value is -2.04. The number of rotatable bonds is 3. The Morgan fingerprint density at radius 3 is 2.96 bits per heavy atom. The van der Waals surface area contributed by atoms with Crippen LogP contribution in [0.2, 0.25) is 0 Å². The molecule has 0 radical (unpaired) electrons. The molecule has 2 aliphatic heterocycles.